The van der Waals surface area contributed by atoms with Crippen LogP contribution in [0.5, 0.6) is 0 Å². The highest BCUT2D eigenvalue weighted by Gasteiger charge is 2.22. The smallest absolute Gasteiger partial charge is 0.349 e. The summed E-state index contributed by atoms with van der Waals surface area (Å²) in [7, 11) is 0. The Balaban J connectivity index is 2.86. The van der Waals surface area contributed by atoms with Gasteiger partial charge in [-0.3, -0.25) is 10.4 Å². The molecule has 4 N–H and O–H groups in total. The zero-order chi connectivity index (χ0) is 16.8. The Kier molecular flexibility index (Phi) is 6.24. The van der Waals surface area contributed by atoms with Gasteiger partial charge in [0.15, 0.2) is 0 Å². The van der Waals surface area contributed by atoms with Gasteiger partial charge in [0.1, 0.15) is 11.5 Å². The third kappa shape index (κ3) is 6.05. The SMILES string of the molecule is CC(C)(C)C(O)CN=C(CC(=N)C(=O)O)Nc1ccccc1. The summed E-state index contributed by atoms with van der Waals surface area (Å²) in [5, 5.41) is 29.4. The van der Waals surface area contributed by atoms with Crippen molar-refractivity contribution in [1.29, 1.82) is 5.41 Å². The van der Waals surface area contributed by atoms with E-state index in [2.05, 4.69) is 10.3 Å². The van der Waals surface area contributed by atoms with Crippen molar-refractivity contribution in [2.75, 3.05) is 11.9 Å². The highest BCUT2D eigenvalue weighted by atomic mass is 16.4. The Morgan fingerprint density at radius 3 is 2.41 bits per heavy atom. The summed E-state index contributed by atoms with van der Waals surface area (Å²) >= 11 is 0. The number of aliphatic imine (C=N–C) groups is 1. The van der Waals surface area contributed by atoms with Crippen LogP contribution in [0.3, 0.4) is 0 Å². The number of aliphatic hydroxyl groups is 1. The van der Waals surface area contributed by atoms with Crippen LogP contribution in [0.4, 0.5) is 5.69 Å². The second-order valence-corrected chi connectivity index (χ2v) is 6.12. The van der Waals surface area contributed by atoms with Crippen LogP contribution < -0.4 is 5.32 Å². The van der Waals surface area contributed by atoms with Crippen molar-refractivity contribution >= 4 is 23.2 Å². The second kappa shape index (κ2) is 7.70. The van der Waals surface area contributed by atoms with E-state index in [1.807, 2.05) is 51.1 Å². The molecule has 0 bridgehead atoms. The van der Waals surface area contributed by atoms with Crippen LogP contribution in [-0.2, 0) is 4.79 Å². The van der Waals surface area contributed by atoms with Crippen molar-refractivity contribution in [2.45, 2.75) is 33.3 Å². The average molecular weight is 305 g/mol. The molecule has 0 amide bonds. The van der Waals surface area contributed by atoms with Gasteiger partial charge in [0, 0.05) is 5.69 Å². The predicted molar refractivity (Wildman–Crippen MR) is 87.8 cm³/mol. The molecular formula is C16H23N3O3. The molecule has 0 heterocycles. The number of para-hydroxylation sites is 1. The molecule has 0 saturated carbocycles. The fourth-order valence-corrected chi connectivity index (χ4v) is 1.54. The van der Waals surface area contributed by atoms with Crippen molar-refractivity contribution in [3.8, 4) is 0 Å². The molecule has 6 nitrogen and oxygen atoms in total. The number of carbonyl (C=O) groups is 1. The number of nitrogens with one attached hydrogen (secondary N) is 2. The van der Waals surface area contributed by atoms with Crippen LogP contribution in [0.25, 0.3) is 0 Å². The van der Waals surface area contributed by atoms with E-state index in [1.54, 1.807) is 0 Å². The lowest BCUT2D eigenvalue weighted by molar-refractivity contribution is -0.129. The van der Waals surface area contributed by atoms with E-state index >= 15 is 0 Å². The maximum Gasteiger partial charge on any atom is 0.349 e. The van der Waals surface area contributed by atoms with Gasteiger partial charge < -0.3 is 15.5 Å². The standard InChI is InChI=1S/C16H23N3O3/c1-16(2,3)13(20)10-18-14(9-12(17)15(21)22)19-11-7-5-4-6-8-11/h4-8,13,17,20H,9-10H2,1-3H3,(H,18,19)(H,21,22). The molecule has 0 saturated heterocycles. The van der Waals surface area contributed by atoms with Gasteiger partial charge in [-0.15, -0.1) is 0 Å². The Morgan fingerprint density at radius 2 is 1.91 bits per heavy atom. The molecule has 1 atom stereocenters. The van der Waals surface area contributed by atoms with Crippen LogP contribution in [-0.4, -0.2) is 40.4 Å². The molecule has 0 aliphatic carbocycles. The summed E-state index contributed by atoms with van der Waals surface area (Å²) in [6.07, 6.45) is -0.778. The molecule has 0 fully saturated rings. The van der Waals surface area contributed by atoms with Gasteiger partial charge in [0.2, 0.25) is 0 Å². The Morgan fingerprint density at radius 1 is 1.32 bits per heavy atom. The molecule has 0 aliphatic heterocycles. The summed E-state index contributed by atoms with van der Waals surface area (Å²) in [5.41, 5.74) is -0.0149. The summed E-state index contributed by atoms with van der Waals surface area (Å²) in [4.78, 5) is 15.1. The number of aliphatic hydroxyl groups excluding tert-OH is 1. The van der Waals surface area contributed by atoms with Crippen LogP contribution >= 0.6 is 0 Å². The van der Waals surface area contributed by atoms with Gasteiger partial charge in [-0.1, -0.05) is 39.0 Å². The number of hydrogen-bond donors (Lipinski definition) is 4. The van der Waals surface area contributed by atoms with Gasteiger partial charge in [-0.25, -0.2) is 4.79 Å². The topological polar surface area (TPSA) is 106 Å². The van der Waals surface area contributed by atoms with Crippen LogP contribution in [0, 0.1) is 10.8 Å². The zero-order valence-corrected chi connectivity index (χ0v) is 13.1. The summed E-state index contributed by atoms with van der Waals surface area (Å²) < 4.78 is 0. The highest BCUT2D eigenvalue weighted by molar-refractivity contribution is 6.38. The zero-order valence-electron chi connectivity index (χ0n) is 13.1. The quantitative estimate of drug-likeness (QED) is 0.478. The van der Waals surface area contributed by atoms with Gasteiger partial charge in [0.05, 0.1) is 19.1 Å². The molecule has 120 valence electrons. The minimum absolute atomic E-state index is 0.124. The number of aliphatic carboxylic acids is 1. The van der Waals surface area contributed by atoms with Crippen LogP contribution in [0.15, 0.2) is 35.3 Å². The second-order valence-electron chi connectivity index (χ2n) is 6.12. The third-order valence-corrected chi connectivity index (χ3v) is 3.12. The first-order valence-electron chi connectivity index (χ1n) is 7.04. The lowest BCUT2D eigenvalue weighted by Crippen LogP contribution is -2.30. The molecule has 1 aromatic rings. The number of rotatable bonds is 6. The Labute approximate surface area is 130 Å². The predicted octanol–water partition coefficient (Wildman–Crippen LogP) is 2.40. The van der Waals surface area contributed by atoms with E-state index in [0.717, 1.165) is 5.69 Å². The minimum Gasteiger partial charge on any atom is -0.477 e. The minimum atomic E-state index is -1.28. The largest absolute Gasteiger partial charge is 0.477 e. The van der Waals surface area contributed by atoms with Crippen molar-refractivity contribution in [1.82, 2.24) is 0 Å². The van der Waals surface area contributed by atoms with E-state index in [9.17, 15) is 9.90 Å². The normalized spacial score (nSPS) is 13.5. The third-order valence-electron chi connectivity index (χ3n) is 3.12. The van der Waals surface area contributed by atoms with Gasteiger partial charge in [0.25, 0.3) is 0 Å². The Bertz CT molecular complexity index is 548. The van der Waals surface area contributed by atoms with Gasteiger partial charge in [-0.05, 0) is 17.5 Å². The van der Waals surface area contributed by atoms with Crippen LogP contribution in [0.2, 0.25) is 0 Å². The maximum atomic E-state index is 10.8. The van der Waals surface area contributed by atoms with Crippen molar-refractivity contribution in [3.63, 3.8) is 0 Å². The molecule has 1 unspecified atom stereocenters. The summed E-state index contributed by atoms with van der Waals surface area (Å²) in [5.74, 6) is -0.930. The lowest BCUT2D eigenvalue weighted by atomic mass is 9.89. The number of nitrogens with zero attached hydrogens (tertiary/aromatic N) is 1. The number of anilines is 1. The summed E-state index contributed by atoms with van der Waals surface area (Å²) in [6, 6.07) is 9.18. The van der Waals surface area contributed by atoms with Crippen molar-refractivity contribution in [3.05, 3.63) is 30.3 Å². The van der Waals surface area contributed by atoms with E-state index in [4.69, 9.17) is 10.5 Å². The van der Waals surface area contributed by atoms with E-state index in [-0.39, 0.29) is 18.4 Å². The maximum absolute atomic E-state index is 10.8. The van der Waals surface area contributed by atoms with Crippen LogP contribution in [0.1, 0.15) is 27.2 Å². The first-order chi connectivity index (χ1) is 10.2. The molecular weight excluding hydrogens is 282 g/mol. The average Bonchev–Trinajstić information content (AvgIpc) is 2.44. The van der Waals surface area contributed by atoms with E-state index in [1.165, 1.54) is 0 Å². The number of carboxylic acid groups (broad SMARTS) is 1. The molecule has 1 rings (SSSR count). The molecule has 0 radical (unpaired) electrons. The van der Waals surface area contributed by atoms with Crippen molar-refractivity contribution < 1.29 is 15.0 Å². The van der Waals surface area contributed by atoms with E-state index < -0.39 is 17.8 Å². The van der Waals surface area contributed by atoms with Gasteiger partial charge in [-0.2, -0.15) is 0 Å². The molecule has 6 heteroatoms. The molecule has 0 aliphatic rings. The first kappa shape index (κ1) is 17.8. The number of hydrogen-bond acceptors (Lipinski definition) is 4. The Hall–Kier alpha value is -2.21. The molecule has 0 aromatic heterocycles. The first-order valence-corrected chi connectivity index (χ1v) is 7.04. The molecule has 22 heavy (non-hydrogen) atoms. The highest BCUT2D eigenvalue weighted by Crippen LogP contribution is 2.19. The van der Waals surface area contributed by atoms with Gasteiger partial charge >= 0.3 is 5.97 Å². The number of carboxylic acids is 1. The summed E-state index contributed by atoms with van der Waals surface area (Å²) in [6.45, 7) is 5.84. The molecule has 1 aromatic carbocycles. The van der Waals surface area contributed by atoms with Crippen molar-refractivity contribution in [2.24, 2.45) is 10.4 Å². The van der Waals surface area contributed by atoms with E-state index in [0.29, 0.717) is 5.84 Å². The number of benzene rings is 1. The molecule has 0 spiro atoms. The lowest BCUT2D eigenvalue weighted by Gasteiger charge is -2.24. The number of amidine groups is 1. The fourth-order valence-electron chi connectivity index (χ4n) is 1.54. The fraction of sp³-hybridized carbons (Fsp3) is 0.438. The monoisotopic (exact) mass is 305 g/mol.